The van der Waals surface area contributed by atoms with Crippen molar-refractivity contribution < 1.29 is 4.39 Å². The number of hydrogen-bond acceptors (Lipinski definition) is 1. The van der Waals surface area contributed by atoms with E-state index in [0.717, 1.165) is 20.3 Å². The van der Waals surface area contributed by atoms with Crippen LogP contribution in [-0.4, -0.2) is 0 Å². The average molecular weight is 406 g/mol. The van der Waals surface area contributed by atoms with Gasteiger partial charge in [0.1, 0.15) is 5.82 Å². The molecule has 0 spiro atoms. The van der Waals surface area contributed by atoms with Gasteiger partial charge in [-0.1, -0.05) is 28.1 Å². The average Bonchev–Trinajstić information content (AvgIpc) is 2.30. The molecule has 4 heteroatoms. The zero-order chi connectivity index (χ0) is 12.3. The fraction of sp³-hybridized carbons (Fsp3) is 0.0769. The van der Waals surface area contributed by atoms with Crippen molar-refractivity contribution in [1.82, 2.24) is 0 Å². The Morgan fingerprint density at radius 1 is 1.12 bits per heavy atom. The minimum atomic E-state index is -0.205. The van der Waals surface area contributed by atoms with E-state index in [1.165, 1.54) is 17.7 Å². The van der Waals surface area contributed by atoms with Crippen LogP contribution in [0.15, 0.2) is 46.9 Å². The van der Waals surface area contributed by atoms with Gasteiger partial charge in [-0.2, -0.15) is 0 Å². The van der Waals surface area contributed by atoms with Gasteiger partial charge in [-0.3, -0.25) is 0 Å². The summed E-state index contributed by atoms with van der Waals surface area (Å²) in [5.41, 5.74) is 2.14. The lowest BCUT2D eigenvalue weighted by Gasteiger charge is -2.08. The van der Waals surface area contributed by atoms with Gasteiger partial charge >= 0.3 is 0 Å². The molecule has 2 rings (SSSR count). The molecule has 0 aliphatic heterocycles. The molecule has 0 saturated heterocycles. The summed E-state index contributed by atoms with van der Waals surface area (Å²) in [5, 5.41) is 3.29. The largest absolute Gasteiger partial charge is 0.380 e. The monoisotopic (exact) mass is 405 g/mol. The van der Waals surface area contributed by atoms with Crippen molar-refractivity contribution in [3.8, 4) is 0 Å². The van der Waals surface area contributed by atoms with Gasteiger partial charge in [0.15, 0.2) is 0 Å². The molecule has 0 heterocycles. The molecule has 1 nitrogen and oxygen atoms in total. The molecular formula is C13H10BrFIN. The fourth-order valence-electron chi connectivity index (χ4n) is 1.43. The summed E-state index contributed by atoms with van der Waals surface area (Å²) in [7, 11) is 0. The zero-order valence-electron chi connectivity index (χ0n) is 8.88. The Bertz CT molecular complexity index is 513. The van der Waals surface area contributed by atoms with E-state index in [9.17, 15) is 4.39 Å². The van der Waals surface area contributed by atoms with Crippen LogP contribution in [0.1, 0.15) is 5.56 Å². The summed E-state index contributed by atoms with van der Waals surface area (Å²) in [6.07, 6.45) is 0. The van der Waals surface area contributed by atoms with Crippen molar-refractivity contribution in [3.63, 3.8) is 0 Å². The van der Waals surface area contributed by atoms with Gasteiger partial charge in [0.2, 0.25) is 0 Å². The third-order valence-electron chi connectivity index (χ3n) is 2.33. The van der Waals surface area contributed by atoms with Crippen molar-refractivity contribution >= 4 is 44.2 Å². The Morgan fingerprint density at radius 2 is 1.82 bits per heavy atom. The molecule has 0 fully saturated rings. The first kappa shape index (κ1) is 12.8. The number of rotatable bonds is 3. The molecule has 2 aromatic rings. The number of nitrogens with one attached hydrogen (secondary N) is 1. The van der Waals surface area contributed by atoms with Crippen molar-refractivity contribution in [2.45, 2.75) is 6.54 Å². The van der Waals surface area contributed by atoms with Crippen molar-refractivity contribution in [3.05, 3.63) is 61.9 Å². The van der Waals surface area contributed by atoms with Gasteiger partial charge in [-0.25, -0.2) is 4.39 Å². The lowest BCUT2D eigenvalue weighted by Crippen LogP contribution is -2.01. The van der Waals surface area contributed by atoms with Crippen LogP contribution < -0.4 is 5.32 Å². The van der Waals surface area contributed by atoms with Crippen LogP contribution in [0.2, 0.25) is 0 Å². The first-order valence-corrected chi connectivity index (χ1v) is 6.96. The van der Waals surface area contributed by atoms with Gasteiger partial charge in [-0.15, -0.1) is 0 Å². The highest BCUT2D eigenvalue weighted by molar-refractivity contribution is 14.1. The van der Waals surface area contributed by atoms with E-state index in [1.807, 2.05) is 24.3 Å². The lowest BCUT2D eigenvalue weighted by atomic mass is 10.2. The van der Waals surface area contributed by atoms with E-state index >= 15 is 0 Å². The van der Waals surface area contributed by atoms with Crippen molar-refractivity contribution in [2.24, 2.45) is 0 Å². The molecule has 0 unspecified atom stereocenters. The van der Waals surface area contributed by atoms with Crippen LogP contribution in [0, 0.1) is 9.39 Å². The molecule has 88 valence electrons. The van der Waals surface area contributed by atoms with Crippen LogP contribution in [0.3, 0.4) is 0 Å². The highest BCUT2D eigenvalue weighted by Crippen LogP contribution is 2.20. The van der Waals surface area contributed by atoms with Gasteiger partial charge in [0.25, 0.3) is 0 Å². The Kier molecular flexibility index (Phi) is 4.39. The predicted molar refractivity (Wildman–Crippen MR) is 80.6 cm³/mol. The topological polar surface area (TPSA) is 12.0 Å². The highest BCUT2D eigenvalue weighted by atomic mass is 127. The third kappa shape index (κ3) is 3.67. The summed E-state index contributed by atoms with van der Waals surface area (Å²) < 4.78 is 14.9. The molecular weight excluding hydrogens is 396 g/mol. The normalized spacial score (nSPS) is 10.3. The molecule has 0 bridgehead atoms. The van der Waals surface area contributed by atoms with Crippen LogP contribution in [0.25, 0.3) is 0 Å². The smallest absolute Gasteiger partial charge is 0.124 e. The maximum absolute atomic E-state index is 12.9. The van der Waals surface area contributed by atoms with Crippen molar-refractivity contribution in [1.29, 1.82) is 0 Å². The summed E-state index contributed by atoms with van der Waals surface area (Å²) in [6.45, 7) is 0.731. The van der Waals surface area contributed by atoms with Crippen LogP contribution in [-0.2, 0) is 6.54 Å². The highest BCUT2D eigenvalue weighted by Gasteiger charge is 2.01. The van der Waals surface area contributed by atoms with E-state index < -0.39 is 0 Å². The molecule has 0 saturated carbocycles. The minimum Gasteiger partial charge on any atom is -0.380 e. The second-order valence-electron chi connectivity index (χ2n) is 3.60. The minimum absolute atomic E-state index is 0.205. The molecule has 0 amide bonds. The van der Waals surface area contributed by atoms with Crippen LogP contribution in [0.5, 0.6) is 0 Å². The molecule has 2 aromatic carbocycles. The van der Waals surface area contributed by atoms with E-state index in [4.69, 9.17) is 0 Å². The van der Waals surface area contributed by atoms with Crippen LogP contribution >= 0.6 is 38.5 Å². The number of anilines is 1. The molecule has 0 radical (unpaired) electrons. The van der Waals surface area contributed by atoms with E-state index in [1.54, 1.807) is 6.07 Å². The standard InChI is InChI=1S/C13H10BrFIN/c14-10-3-1-9(2-4-10)8-17-13-6-5-11(15)7-12(13)16/h1-7,17H,8H2. The lowest BCUT2D eigenvalue weighted by molar-refractivity contribution is 0.627. The summed E-state index contributed by atoms with van der Waals surface area (Å²) >= 11 is 5.52. The molecule has 0 aliphatic rings. The van der Waals surface area contributed by atoms with Crippen LogP contribution in [0.4, 0.5) is 10.1 Å². The summed E-state index contributed by atoms with van der Waals surface area (Å²) in [5.74, 6) is -0.205. The SMILES string of the molecule is Fc1ccc(NCc2ccc(Br)cc2)c(I)c1. The summed E-state index contributed by atoms with van der Waals surface area (Å²) in [6, 6.07) is 12.9. The fourth-order valence-corrected chi connectivity index (χ4v) is 2.36. The van der Waals surface area contributed by atoms with Gasteiger partial charge in [0.05, 0.1) is 0 Å². The summed E-state index contributed by atoms with van der Waals surface area (Å²) in [4.78, 5) is 0. The molecule has 17 heavy (non-hydrogen) atoms. The van der Waals surface area contributed by atoms with Gasteiger partial charge in [0, 0.05) is 20.3 Å². The molecule has 0 aliphatic carbocycles. The van der Waals surface area contributed by atoms with E-state index in [2.05, 4.69) is 43.8 Å². The van der Waals surface area contributed by atoms with E-state index in [-0.39, 0.29) is 5.82 Å². The molecule has 1 N–H and O–H groups in total. The van der Waals surface area contributed by atoms with E-state index in [0.29, 0.717) is 0 Å². The van der Waals surface area contributed by atoms with Crippen molar-refractivity contribution in [2.75, 3.05) is 5.32 Å². The predicted octanol–water partition coefficient (Wildman–Crippen LogP) is 4.80. The third-order valence-corrected chi connectivity index (χ3v) is 3.75. The number of hydrogen-bond donors (Lipinski definition) is 1. The second-order valence-corrected chi connectivity index (χ2v) is 5.68. The maximum Gasteiger partial charge on any atom is 0.124 e. The zero-order valence-corrected chi connectivity index (χ0v) is 12.6. The second kappa shape index (κ2) is 5.82. The maximum atomic E-state index is 12.9. The molecule has 0 atom stereocenters. The first-order chi connectivity index (χ1) is 8.15. The Labute approximate surface area is 122 Å². The van der Waals surface area contributed by atoms with Gasteiger partial charge < -0.3 is 5.32 Å². The van der Waals surface area contributed by atoms with Gasteiger partial charge in [-0.05, 0) is 58.5 Å². The Hall–Kier alpha value is -0.620. The Balaban J connectivity index is 2.04. The first-order valence-electron chi connectivity index (χ1n) is 5.08. The number of halogens is 3. The quantitative estimate of drug-likeness (QED) is 0.723. The molecule has 0 aromatic heterocycles. The Morgan fingerprint density at radius 3 is 2.47 bits per heavy atom. The number of benzene rings is 2.